The Morgan fingerprint density at radius 2 is 0.718 bits per heavy atom. The number of unbranched alkanes of at least 4 members (excludes halogenated alkanes) is 16. The molecule has 0 spiro atoms. The van der Waals surface area contributed by atoms with E-state index < -0.39 is 23.9 Å². The van der Waals surface area contributed by atoms with Crippen molar-refractivity contribution in [2.75, 3.05) is 13.2 Å². The van der Waals surface area contributed by atoms with Gasteiger partial charge in [-0.05, 0) is 25.0 Å². The standard InChI is InChI=1S/2C15H26O4.Zn/c2*1-2-3-4-5-6-7-8-9-10-13-19-15(18)12-11-14(16)17;/h2*11-12H,2-10,13H2,1H3,(H,16,17);/q;;+2/p-2/b2*12-11-;. The maximum Gasteiger partial charge on any atom is 2.00 e. The third-order valence-electron chi connectivity index (χ3n) is 5.70. The summed E-state index contributed by atoms with van der Waals surface area (Å²) >= 11 is 0. The van der Waals surface area contributed by atoms with Crippen LogP contribution in [0.2, 0.25) is 0 Å². The van der Waals surface area contributed by atoms with Gasteiger partial charge in [-0.3, -0.25) is 0 Å². The molecular weight excluding hydrogens is 554 g/mol. The molecule has 0 aromatic carbocycles. The number of carboxylic acids is 2. The molecule has 0 fully saturated rings. The number of aliphatic carboxylic acids is 2. The molecule has 0 bridgehead atoms. The average molecular weight is 604 g/mol. The van der Waals surface area contributed by atoms with Crippen LogP contribution in [0, 0.1) is 0 Å². The molecule has 0 aromatic rings. The van der Waals surface area contributed by atoms with Crippen molar-refractivity contribution in [3.05, 3.63) is 24.3 Å². The molecule has 0 rings (SSSR count). The molecule has 220 valence electrons. The second-order valence-corrected chi connectivity index (χ2v) is 9.30. The minimum absolute atomic E-state index is 0. The SMILES string of the molecule is CCCCCCCCCCCOC(=O)/C=C\C(=O)[O-].CCCCCCCCCCCOC(=O)/C=C\C(=O)[O-].[Zn+2]. The quantitative estimate of drug-likeness (QED) is 0.0669. The van der Waals surface area contributed by atoms with E-state index in [1.807, 2.05) is 0 Å². The molecule has 0 aromatic heterocycles. The Kier molecular flexibility index (Phi) is 36.2. The van der Waals surface area contributed by atoms with Gasteiger partial charge in [0, 0.05) is 12.2 Å². The molecule has 0 saturated carbocycles. The molecule has 0 heterocycles. The van der Waals surface area contributed by atoms with Crippen LogP contribution in [-0.4, -0.2) is 37.1 Å². The summed E-state index contributed by atoms with van der Waals surface area (Å²) < 4.78 is 9.67. The van der Waals surface area contributed by atoms with Gasteiger partial charge in [0.2, 0.25) is 0 Å². The van der Waals surface area contributed by atoms with E-state index in [4.69, 9.17) is 9.47 Å². The van der Waals surface area contributed by atoms with E-state index >= 15 is 0 Å². The topological polar surface area (TPSA) is 133 Å². The fraction of sp³-hybridized carbons (Fsp3) is 0.733. The molecule has 39 heavy (non-hydrogen) atoms. The molecule has 0 aliphatic heterocycles. The summed E-state index contributed by atoms with van der Waals surface area (Å²) in [6.07, 6.45) is 24.8. The molecule has 9 heteroatoms. The molecule has 0 atom stereocenters. The minimum atomic E-state index is -1.39. The van der Waals surface area contributed by atoms with Crippen LogP contribution in [0.25, 0.3) is 0 Å². The van der Waals surface area contributed by atoms with Crippen molar-refractivity contribution in [1.29, 1.82) is 0 Å². The Balaban J connectivity index is -0.000000648. The Hall–Kier alpha value is -2.02. The van der Waals surface area contributed by atoms with Crippen molar-refractivity contribution >= 4 is 23.9 Å². The van der Waals surface area contributed by atoms with Crippen LogP contribution in [-0.2, 0) is 48.1 Å². The van der Waals surface area contributed by atoms with Gasteiger partial charge in [-0.25, -0.2) is 9.59 Å². The smallest absolute Gasteiger partial charge is 0.545 e. The molecule has 0 unspecified atom stereocenters. The third-order valence-corrected chi connectivity index (χ3v) is 5.70. The van der Waals surface area contributed by atoms with Gasteiger partial charge >= 0.3 is 31.4 Å². The van der Waals surface area contributed by atoms with Gasteiger partial charge in [-0.15, -0.1) is 0 Å². The van der Waals surface area contributed by atoms with E-state index in [0.29, 0.717) is 25.4 Å². The Labute approximate surface area is 248 Å². The molecule has 0 saturated heterocycles. The molecule has 0 amide bonds. The van der Waals surface area contributed by atoms with Crippen LogP contribution in [0.15, 0.2) is 24.3 Å². The first kappa shape index (κ1) is 41.5. The van der Waals surface area contributed by atoms with Crippen LogP contribution in [0.5, 0.6) is 0 Å². The van der Waals surface area contributed by atoms with Gasteiger partial charge in [-0.1, -0.05) is 117 Å². The number of carboxylic acid groups (broad SMARTS) is 2. The number of rotatable bonds is 24. The molecule has 0 radical (unpaired) electrons. The van der Waals surface area contributed by atoms with E-state index in [-0.39, 0.29) is 19.5 Å². The maximum absolute atomic E-state index is 11.0. The number of esters is 2. The van der Waals surface area contributed by atoms with E-state index in [2.05, 4.69) is 13.8 Å². The normalized spacial score (nSPS) is 10.5. The fourth-order valence-electron chi connectivity index (χ4n) is 3.54. The largest absolute Gasteiger partial charge is 2.00 e. The monoisotopic (exact) mass is 602 g/mol. The van der Waals surface area contributed by atoms with E-state index in [9.17, 15) is 29.4 Å². The predicted octanol–water partition coefficient (Wildman–Crippen LogP) is 4.73. The minimum Gasteiger partial charge on any atom is -0.545 e. The first-order chi connectivity index (χ1) is 18.3. The zero-order chi connectivity index (χ0) is 28.7. The van der Waals surface area contributed by atoms with Gasteiger partial charge in [0.05, 0.1) is 25.2 Å². The van der Waals surface area contributed by atoms with Gasteiger partial charge in [0.15, 0.2) is 0 Å². The van der Waals surface area contributed by atoms with Crippen LogP contribution < -0.4 is 10.2 Å². The summed E-state index contributed by atoms with van der Waals surface area (Å²) in [6, 6.07) is 0. The predicted molar refractivity (Wildman–Crippen MR) is 145 cm³/mol. The summed E-state index contributed by atoms with van der Waals surface area (Å²) in [5, 5.41) is 20.1. The maximum atomic E-state index is 11.0. The number of carbonyl (C=O) groups excluding carboxylic acids is 4. The van der Waals surface area contributed by atoms with Crippen molar-refractivity contribution in [1.82, 2.24) is 0 Å². The van der Waals surface area contributed by atoms with Crippen molar-refractivity contribution in [2.24, 2.45) is 0 Å². The van der Waals surface area contributed by atoms with Gasteiger partial charge in [0.1, 0.15) is 0 Å². The second kappa shape index (κ2) is 34.0. The van der Waals surface area contributed by atoms with Crippen molar-refractivity contribution < 1.29 is 58.3 Å². The van der Waals surface area contributed by atoms with Crippen molar-refractivity contribution in [3.8, 4) is 0 Å². The molecular formula is C30H50O8Zn. The van der Waals surface area contributed by atoms with Crippen LogP contribution >= 0.6 is 0 Å². The number of hydrogen-bond acceptors (Lipinski definition) is 8. The number of ether oxygens (including phenoxy) is 2. The summed E-state index contributed by atoms with van der Waals surface area (Å²) in [7, 11) is 0. The van der Waals surface area contributed by atoms with Crippen molar-refractivity contribution in [3.63, 3.8) is 0 Å². The Morgan fingerprint density at radius 3 is 0.974 bits per heavy atom. The molecule has 0 aliphatic carbocycles. The number of hydrogen-bond donors (Lipinski definition) is 0. The zero-order valence-corrected chi connectivity index (χ0v) is 27.4. The number of carbonyl (C=O) groups is 4. The first-order valence-electron chi connectivity index (χ1n) is 14.4. The summed E-state index contributed by atoms with van der Waals surface area (Å²) in [5.41, 5.74) is 0. The summed E-state index contributed by atoms with van der Waals surface area (Å²) in [4.78, 5) is 42.0. The Morgan fingerprint density at radius 1 is 0.462 bits per heavy atom. The van der Waals surface area contributed by atoms with Gasteiger partial charge in [-0.2, -0.15) is 0 Å². The molecule has 0 N–H and O–H groups in total. The summed E-state index contributed by atoms with van der Waals surface area (Å²) in [6.45, 7) is 5.13. The third kappa shape index (κ3) is 40.6. The fourth-order valence-corrected chi connectivity index (χ4v) is 3.54. The second-order valence-electron chi connectivity index (χ2n) is 9.30. The van der Waals surface area contributed by atoms with Crippen LogP contribution in [0.1, 0.15) is 129 Å². The van der Waals surface area contributed by atoms with E-state index in [0.717, 1.165) is 37.8 Å². The molecule has 8 nitrogen and oxygen atoms in total. The average Bonchev–Trinajstić information content (AvgIpc) is 2.88. The summed E-state index contributed by atoms with van der Waals surface area (Å²) in [5.74, 6) is -4.02. The van der Waals surface area contributed by atoms with E-state index in [1.54, 1.807) is 0 Å². The zero-order valence-electron chi connectivity index (χ0n) is 24.4. The van der Waals surface area contributed by atoms with Crippen LogP contribution in [0.4, 0.5) is 0 Å². The first-order valence-corrected chi connectivity index (χ1v) is 14.4. The molecule has 0 aliphatic rings. The van der Waals surface area contributed by atoms with Crippen molar-refractivity contribution in [2.45, 2.75) is 129 Å². The Bertz CT molecular complexity index is 605. The van der Waals surface area contributed by atoms with Gasteiger partial charge in [0.25, 0.3) is 0 Å². The van der Waals surface area contributed by atoms with Gasteiger partial charge < -0.3 is 29.3 Å². The van der Waals surface area contributed by atoms with Crippen LogP contribution in [0.3, 0.4) is 0 Å². The van der Waals surface area contributed by atoms with E-state index in [1.165, 1.54) is 89.9 Å².